The van der Waals surface area contributed by atoms with E-state index in [4.69, 9.17) is 8.83 Å². The summed E-state index contributed by atoms with van der Waals surface area (Å²) in [5.41, 5.74) is 4.09. The van der Waals surface area contributed by atoms with Crippen molar-refractivity contribution in [1.82, 2.24) is 15.2 Å². The third-order valence-corrected chi connectivity index (χ3v) is 4.37. The molecule has 0 aliphatic carbocycles. The van der Waals surface area contributed by atoms with Crippen LogP contribution in [0.15, 0.2) is 52.5 Å². The lowest BCUT2D eigenvalue weighted by atomic mass is 10.1. The number of hydrogen-bond acceptors (Lipinski definition) is 7. The average Bonchev–Trinajstić information content (AvgIpc) is 3.37. The molecule has 0 atom stereocenters. The van der Waals surface area contributed by atoms with E-state index in [0.29, 0.717) is 39.7 Å². The summed E-state index contributed by atoms with van der Waals surface area (Å²) >= 11 is 0. The molecule has 0 spiro atoms. The van der Waals surface area contributed by atoms with Crippen molar-refractivity contribution in [3.05, 3.63) is 77.7 Å². The first-order chi connectivity index (χ1) is 14.6. The van der Waals surface area contributed by atoms with Gasteiger partial charge in [0.05, 0.1) is 17.6 Å². The highest BCUT2D eigenvalue weighted by Gasteiger charge is 2.12. The second kappa shape index (κ2) is 7.92. The molecule has 7 nitrogen and oxygen atoms in total. The minimum Gasteiger partial charge on any atom is -0.481 e. The van der Waals surface area contributed by atoms with Gasteiger partial charge in [0.25, 0.3) is 11.9 Å². The standard InChI is InChI=1S/C23H17N3O4/c1-3-14-11-22(27)29-20(14)9-6-16-5-7-17-18(25-26-19(17)13-24-16)8-10-21-15(4-2)12-23(28)30-21/h3-13,27-28H,1-2H2/b9-6+,10-8+. The van der Waals surface area contributed by atoms with Crippen LogP contribution in [0.1, 0.15) is 34.0 Å². The Bertz CT molecular complexity index is 1260. The molecule has 2 aromatic heterocycles. The molecular formula is C23H17N3O4. The van der Waals surface area contributed by atoms with Gasteiger partial charge in [-0.05, 0) is 36.4 Å². The number of aromatic nitrogens is 3. The van der Waals surface area contributed by atoms with Gasteiger partial charge in [-0.2, -0.15) is 0 Å². The SMILES string of the molecule is C=Cc1cc(O)oc1/C=C/c1ccc2c(/C=C/c3oc(O)cc3C=C)nnc-2cn1. The van der Waals surface area contributed by atoms with Gasteiger partial charge in [-0.3, -0.25) is 4.98 Å². The molecule has 7 heteroatoms. The molecule has 148 valence electrons. The van der Waals surface area contributed by atoms with Crippen LogP contribution < -0.4 is 0 Å². The van der Waals surface area contributed by atoms with Crippen molar-refractivity contribution in [1.29, 1.82) is 0 Å². The van der Waals surface area contributed by atoms with Crippen LogP contribution >= 0.6 is 0 Å². The third kappa shape index (κ3) is 3.77. The topological polar surface area (TPSA) is 105 Å². The minimum atomic E-state index is -0.181. The van der Waals surface area contributed by atoms with E-state index < -0.39 is 0 Å². The highest BCUT2D eigenvalue weighted by molar-refractivity contribution is 5.79. The van der Waals surface area contributed by atoms with Gasteiger partial charge in [0, 0.05) is 28.8 Å². The molecule has 0 unspecified atom stereocenters. The van der Waals surface area contributed by atoms with E-state index in [1.54, 1.807) is 42.7 Å². The van der Waals surface area contributed by atoms with Crippen LogP contribution in [-0.2, 0) is 0 Å². The monoisotopic (exact) mass is 399 g/mol. The largest absolute Gasteiger partial charge is 0.481 e. The van der Waals surface area contributed by atoms with Crippen LogP contribution in [0.25, 0.3) is 47.7 Å². The van der Waals surface area contributed by atoms with E-state index in [9.17, 15) is 10.2 Å². The summed E-state index contributed by atoms with van der Waals surface area (Å²) in [4.78, 5) is 4.40. The number of aromatic hydroxyl groups is 2. The quantitative estimate of drug-likeness (QED) is 0.459. The fourth-order valence-electron chi connectivity index (χ4n) is 2.89. The molecule has 0 radical (unpaired) electrons. The summed E-state index contributed by atoms with van der Waals surface area (Å²) in [6, 6.07) is 6.66. The molecule has 2 aliphatic heterocycles. The molecule has 4 rings (SSSR count). The van der Waals surface area contributed by atoms with Gasteiger partial charge < -0.3 is 19.0 Å². The first-order valence-corrected chi connectivity index (χ1v) is 8.96. The van der Waals surface area contributed by atoms with Crippen molar-refractivity contribution in [2.75, 3.05) is 0 Å². The molecule has 0 aromatic carbocycles. The molecule has 30 heavy (non-hydrogen) atoms. The van der Waals surface area contributed by atoms with E-state index in [2.05, 4.69) is 28.3 Å². The first-order valence-electron chi connectivity index (χ1n) is 8.96. The Labute approximate surface area is 172 Å². The van der Waals surface area contributed by atoms with Gasteiger partial charge in [0.15, 0.2) is 0 Å². The summed E-state index contributed by atoms with van der Waals surface area (Å²) in [5.74, 6) is 0.601. The van der Waals surface area contributed by atoms with Gasteiger partial charge in [0.1, 0.15) is 17.2 Å². The maximum absolute atomic E-state index is 9.51. The number of hydrogen-bond donors (Lipinski definition) is 2. The van der Waals surface area contributed by atoms with Gasteiger partial charge in [-0.25, -0.2) is 0 Å². The number of fused-ring (bicyclic) bond motifs is 1. The Kier molecular flexibility index (Phi) is 5.00. The van der Waals surface area contributed by atoms with Crippen molar-refractivity contribution >= 4 is 36.5 Å². The van der Waals surface area contributed by atoms with Crippen LogP contribution in [0.4, 0.5) is 0 Å². The van der Waals surface area contributed by atoms with Crippen molar-refractivity contribution in [2.45, 2.75) is 0 Å². The summed E-state index contributed by atoms with van der Waals surface area (Å²) in [7, 11) is 0. The van der Waals surface area contributed by atoms with Crippen LogP contribution in [0.3, 0.4) is 0 Å². The first kappa shape index (κ1) is 18.9. The third-order valence-electron chi connectivity index (χ3n) is 4.37. The predicted octanol–water partition coefficient (Wildman–Crippen LogP) is 5.20. The second-order valence-electron chi connectivity index (χ2n) is 6.28. The van der Waals surface area contributed by atoms with Crippen LogP contribution in [0.2, 0.25) is 0 Å². The van der Waals surface area contributed by atoms with E-state index in [0.717, 1.165) is 5.56 Å². The van der Waals surface area contributed by atoms with E-state index >= 15 is 0 Å². The summed E-state index contributed by atoms with van der Waals surface area (Å²) in [6.07, 6.45) is 11.7. The molecule has 0 amide bonds. The number of furan rings is 2. The van der Waals surface area contributed by atoms with Crippen molar-refractivity contribution in [3.63, 3.8) is 0 Å². The Hall–Kier alpha value is -4.39. The van der Waals surface area contributed by atoms with E-state index in [-0.39, 0.29) is 11.9 Å². The molecule has 0 fully saturated rings. The fourth-order valence-corrected chi connectivity index (χ4v) is 2.89. The summed E-state index contributed by atoms with van der Waals surface area (Å²) in [5, 5.41) is 27.3. The molecule has 2 aliphatic rings. The maximum atomic E-state index is 9.51. The second-order valence-corrected chi connectivity index (χ2v) is 6.28. The van der Waals surface area contributed by atoms with Crippen LogP contribution in [0, 0.1) is 0 Å². The zero-order valence-electron chi connectivity index (χ0n) is 15.8. The summed E-state index contributed by atoms with van der Waals surface area (Å²) < 4.78 is 10.5. The highest BCUT2D eigenvalue weighted by Crippen LogP contribution is 2.27. The van der Waals surface area contributed by atoms with Gasteiger partial charge in [-0.15, -0.1) is 10.2 Å². The van der Waals surface area contributed by atoms with Gasteiger partial charge >= 0.3 is 0 Å². The molecule has 0 saturated heterocycles. The molecule has 2 N–H and O–H groups in total. The van der Waals surface area contributed by atoms with Crippen molar-refractivity contribution in [2.24, 2.45) is 0 Å². The molecule has 0 bridgehead atoms. The molecule has 0 saturated carbocycles. The van der Waals surface area contributed by atoms with E-state index in [1.807, 2.05) is 12.1 Å². The van der Waals surface area contributed by atoms with Crippen molar-refractivity contribution in [3.8, 4) is 23.1 Å². The number of rotatable bonds is 6. The zero-order chi connectivity index (χ0) is 21.1. The average molecular weight is 399 g/mol. The van der Waals surface area contributed by atoms with Crippen LogP contribution in [-0.4, -0.2) is 25.4 Å². The van der Waals surface area contributed by atoms with Crippen molar-refractivity contribution < 1.29 is 19.0 Å². The molecular weight excluding hydrogens is 382 g/mol. The minimum absolute atomic E-state index is 0.175. The lowest BCUT2D eigenvalue weighted by molar-refractivity contribution is 0.329. The lowest BCUT2D eigenvalue weighted by Gasteiger charge is -1.91. The van der Waals surface area contributed by atoms with E-state index in [1.165, 1.54) is 12.1 Å². The number of nitrogens with zero attached hydrogens (tertiary/aromatic N) is 3. The van der Waals surface area contributed by atoms with Gasteiger partial charge in [-0.1, -0.05) is 25.3 Å². The van der Waals surface area contributed by atoms with Crippen LogP contribution in [0.5, 0.6) is 11.9 Å². The smallest absolute Gasteiger partial charge is 0.282 e. The predicted molar refractivity (Wildman–Crippen MR) is 115 cm³/mol. The Morgan fingerprint density at radius 2 is 1.43 bits per heavy atom. The maximum Gasteiger partial charge on any atom is 0.282 e. The highest BCUT2D eigenvalue weighted by atomic mass is 16.5. The molecule has 2 aromatic rings. The Morgan fingerprint density at radius 1 is 0.800 bits per heavy atom. The zero-order valence-corrected chi connectivity index (χ0v) is 15.8. The molecule has 4 heterocycles. The van der Waals surface area contributed by atoms with Gasteiger partial charge in [0.2, 0.25) is 0 Å². The lowest BCUT2D eigenvalue weighted by Crippen LogP contribution is -1.75. The fraction of sp³-hybridized carbons (Fsp3) is 0. The Balaban J connectivity index is 1.62. The normalized spacial score (nSPS) is 11.6. The Morgan fingerprint density at radius 3 is 2.07 bits per heavy atom. The summed E-state index contributed by atoms with van der Waals surface area (Å²) in [6.45, 7) is 7.39.